The monoisotopic (exact) mass is 761 g/mol. The van der Waals surface area contributed by atoms with Gasteiger partial charge in [-0.05, 0) is 34.2 Å². The number of nitrogens with one attached hydrogen (secondary N) is 4. The molecule has 4 atom stereocenters. The summed E-state index contributed by atoms with van der Waals surface area (Å²) < 4.78 is 10.6. The highest BCUT2D eigenvalue weighted by atomic mass is 16.5. The van der Waals surface area contributed by atoms with E-state index in [0.29, 0.717) is 11.3 Å². The molecule has 292 valence electrons. The highest BCUT2D eigenvalue weighted by Gasteiger charge is 2.32. The van der Waals surface area contributed by atoms with Crippen molar-refractivity contribution in [1.29, 1.82) is 0 Å². The number of aliphatic hydroxyl groups is 1. The lowest BCUT2D eigenvalue weighted by Gasteiger charge is -2.28. The van der Waals surface area contributed by atoms with Crippen molar-refractivity contribution in [3.63, 3.8) is 0 Å². The Hall–Kier alpha value is -6.34. The number of hydrogen-bond acceptors (Lipinski definition) is 9. The number of aromatic amines is 1. The predicted molar refractivity (Wildman–Crippen MR) is 209 cm³/mol. The van der Waals surface area contributed by atoms with E-state index < -0.39 is 66.9 Å². The maximum Gasteiger partial charge on any atom is 0.408 e. The summed E-state index contributed by atoms with van der Waals surface area (Å²) in [5.74, 6) is -2.51. The molecule has 13 heteroatoms. The summed E-state index contributed by atoms with van der Waals surface area (Å²) in [6.07, 6.45) is 0.642. The zero-order valence-electron chi connectivity index (χ0n) is 31.4. The van der Waals surface area contributed by atoms with Crippen LogP contribution in [0.5, 0.6) is 0 Å². The van der Waals surface area contributed by atoms with E-state index in [1.165, 1.54) is 12.5 Å². The average molecular weight is 762 g/mol. The fraction of sp³-hybridized carbons (Fsp3) is 0.302. The molecule has 1 heterocycles. The Morgan fingerprint density at radius 1 is 0.750 bits per heavy atom. The second kappa shape index (κ2) is 20.4. The van der Waals surface area contributed by atoms with Crippen LogP contribution in [0.2, 0.25) is 0 Å². The predicted octanol–water partition coefficient (Wildman–Crippen LogP) is 4.84. The third-order valence-corrected chi connectivity index (χ3v) is 9.09. The number of carbonyl (C=O) groups excluding carboxylic acids is 5. The van der Waals surface area contributed by atoms with Crippen LogP contribution in [0.25, 0.3) is 10.8 Å². The Morgan fingerprint density at radius 2 is 1.41 bits per heavy atom. The Labute approximate surface area is 325 Å². The minimum absolute atomic E-state index is 0.00878. The third-order valence-electron chi connectivity index (χ3n) is 9.09. The lowest BCUT2D eigenvalue weighted by molar-refractivity contribution is -0.145. The zero-order valence-corrected chi connectivity index (χ0v) is 31.4. The van der Waals surface area contributed by atoms with E-state index in [1.54, 1.807) is 30.3 Å². The Kier molecular flexibility index (Phi) is 14.9. The van der Waals surface area contributed by atoms with Gasteiger partial charge in [-0.3, -0.25) is 19.2 Å². The first-order valence-electron chi connectivity index (χ1n) is 18.5. The van der Waals surface area contributed by atoms with Gasteiger partial charge in [0.2, 0.25) is 11.8 Å². The van der Waals surface area contributed by atoms with Crippen LogP contribution in [0.4, 0.5) is 4.79 Å². The van der Waals surface area contributed by atoms with Crippen LogP contribution in [0, 0.1) is 5.92 Å². The van der Waals surface area contributed by atoms with Crippen molar-refractivity contribution in [3.8, 4) is 0 Å². The molecule has 0 fully saturated rings. The summed E-state index contributed by atoms with van der Waals surface area (Å²) in [4.78, 5) is 73.5. The summed E-state index contributed by atoms with van der Waals surface area (Å²) in [6, 6.07) is 27.6. The number of ether oxygens (including phenoxy) is 2. The highest BCUT2D eigenvalue weighted by Crippen LogP contribution is 2.20. The number of nitrogens with zero attached hydrogens (tertiary/aromatic N) is 1. The van der Waals surface area contributed by atoms with E-state index >= 15 is 0 Å². The first-order chi connectivity index (χ1) is 27.0. The van der Waals surface area contributed by atoms with Crippen LogP contribution in [-0.4, -0.2) is 75.6 Å². The average Bonchev–Trinajstić information content (AvgIpc) is 3.72. The van der Waals surface area contributed by atoms with Gasteiger partial charge in [0.1, 0.15) is 18.7 Å². The number of esters is 1. The molecule has 13 nitrogen and oxygen atoms in total. The smallest absolute Gasteiger partial charge is 0.408 e. The molecule has 5 aromatic rings. The molecule has 0 saturated heterocycles. The van der Waals surface area contributed by atoms with E-state index in [4.69, 9.17) is 9.47 Å². The topological polar surface area (TPSA) is 189 Å². The summed E-state index contributed by atoms with van der Waals surface area (Å²) in [7, 11) is 0. The lowest BCUT2D eigenvalue weighted by atomic mass is 9.96. The molecular weight excluding hydrogens is 715 g/mol. The second-order valence-corrected chi connectivity index (χ2v) is 13.9. The summed E-state index contributed by atoms with van der Waals surface area (Å²) >= 11 is 0. The molecule has 0 spiro atoms. The maximum absolute atomic E-state index is 14.2. The number of hydrogen-bond donors (Lipinski definition) is 5. The van der Waals surface area contributed by atoms with E-state index in [1.807, 2.05) is 86.6 Å². The maximum atomic E-state index is 14.2. The van der Waals surface area contributed by atoms with Gasteiger partial charge < -0.3 is 35.5 Å². The number of aromatic nitrogens is 2. The first kappa shape index (κ1) is 40.8. The molecule has 0 bridgehead atoms. The number of carbonyl (C=O) groups is 5. The van der Waals surface area contributed by atoms with Crippen LogP contribution in [0.15, 0.2) is 116 Å². The fourth-order valence-electron chi connectivity index (χ4n) is 6.23. The van der Waals surface area contributed by atoms with E-state index in [9.17, 15) is 29.1 Å². The molecule has 5 rings (SSSR count). The number of imidazole rings is 1. The van der Waals surface area contributed by atoms with Crippen LogP contribution in [0.3, 0.4) is 0 Å². The minimum Gasteiger partial charge on any atom is -0.457 e. The van der Waals surface area contributed by atoms with Gasteiger partial charge in [-0.25, -0.2) is 9.78 Å². The molecule has 1 aromatic heterocycles. The molecular formula is C43H47N5O8. The van der Waals surface area contributed by atoms with Gasteiger partial charge in [0.25, 0.3) is 0 Å². The Bertz CT molecular complexity index is 2050. The molecule has 0 aliphatic rings. The summed E-state index contributed by atoms with van der Waals surface area (Å²) in [5.41, 5.74) is 2.48. The van der Waals surface area contributed by atoms with Gasteiger partial charge in [-0.15, -0.1) is 0 Å². The van der Waals surface area contributed by atoms with Crippen LogP contribution >= 0.6 is 0 Å². The summed E-state index contributed by atoms with van der Waals surface area (Å²) in [6.45, 7) is 3.28. The van der Waals surface area contributed by atoms with Crippen LogP contribution in [0.1, 0.15) is 53.9 Å². The number of rotatable bonds is 19. The molecule has 4 aromatic carbocycles. The van der Waals surface area contributed by atoms with Crippen molar-refractivity contribution in [2.45, 2.75) is 70.4 Å². The Balaban J connectivity index is 1.31. The first-order valence-corrected chi connectivity index (χ1v) is 18.5. The molecule has 0 aliphatic carbocycles. The van der Waals surface area contributed by atoms with Crippen LogP contribution < -0.4 is 16.0 Å². The van der Waals surface area contributed by atoms with Crippen LogP contribution in [-0.2, 0) is 43.3 Å². The Morgan fingerprint density at radius 3 is 2.12 bits per heavy atom. The SMILES string of the molecule is CC(C)C[C@H](NC(=O)[C@@H](Cc1cnc[nH]1)NC(=O)[C@H](Cc1cccc2ccccc12)NC(=O)OCc1ccccc1)[C@@H](O)CC(=O)OCC(=O)c1ccccc1. The quantitative estimate of drug-likeness (QED) is 0.0580. The number of benzene rings is 4. The standard InChI is InChI=1S/C43H47N5O8/c1-28(2)20-35(38(49)23-40(51)55-26-39(50)31-15-7-4-8-16-31)46-42(53)37(22-33-24-44-27-45-33)47-41(52)36(48-43(54)56-25-29-12-5-3-6-13-29)21-32-18-11-17-30-14-9-10-19-34(30)32/h3-19,24,27-28,35-38,49H,20-23,25-26H2,1-2H3,(H,44,45)(H,46,53)(H,47,52)(H,48,54)/t35-,36-,37+,38-/m0/s1. The number of Topliss-reactive ketones (excluding diaryl/α,β-unsaturated/α-hetero) is 1. The van der Waals surface area contributed by atoms with Gasteiger partial charge in [0.05, 0.1) is 24.9 Å². The number of aliphatic hydroxyl groups excluding tert-OH is 1. The van der Waals surface area contributed by atoms with Crippen molar-refractivity contribution in [2.75, 3.05) is 6.61 Å². The number of H-pyrrole nitrogens is 1. The number of ketones is 1. The zero-order chi connectivity index (χ0) is 39.9. The number of amides is 3. The van der Waals surface area contributed by atoms with Crippen molar-refractivity contribution in [2.24, 2.45) is 5.92 Å². The third kappa shape index (κ3) is 12.4. The van der Waals surface area contributed by atoms with Gasteiger partial charge in [-0.2, -0.15) is 0 Å². The highest BCUT2D eigenvalue weighted by molar-refractivity contribution is 5.98. The molecule has 0 aliphatic heterocycles. The van der Waals surface area contributed by atoms with Crippen molar-refractivity contribution in [1.82, 2.24) is 25.9 Å². The van der Waals surface area contributed by atoms with Gasteiger partial charge in [-0.1, -0.05) is 117 Å². The van der Waals surface area contributed by atoms with Gasteiger partial charge in [0.15, 0.2) is 12.4 Å². The lowest BCUT2D eigenvalue weighted by Crippen LogP contribution is -2.57. The molecule has 0 radical (unpaired) electrons. The van der Waals surface area contributed by atoms with Gasteiger partial charge >= 0.3 is 12.1 Å². The molecule has 0 unspecified atom stereocenters. The molecule has 0 saturated carbocycles. The van der Waals surface area contributed by atoms with Crippen molar-refractivity contribution >= 4 is 40.4 Å². The molecule has 5 N–H and O–H groups in total. The minimum atomic E-state index is -1.37. The summed E-state index contributed by atoms with van der Waals surface area (Å²) in [5, 5.41) is 21.4. The van der Waals surface area contributed by atoms with Crippen molar-refractivity contribution in [3.05, 3.63) is 138 Å². The van der Waals surface area contributed by atoms with E-state index in [0.717, 1.165) is 21.9 Å². The van der Waals surface area contributed by atoms with E-state index in [-0.39, 0.29) is 31.8 Å². The van der Waals surface area contributed by atoms with E-state index in [2.05, 4.69) is 25.9 Å². The molecule has 3 amide bonds. The van der Waals surface area contributed by atoms with Crippen molar-refractivity contribution < 1.29 is 38.6 Å². The van der Waals surface area contributed by atoms with Gasteiger partial charge in [0, 0.05) is 30.3 Å². The number of fused-ring (bicyclic) bond motifs is 1. The number of alkyl carbamates (subject to hydrolysis) is 1. The normalized spacial score (nSPS) is 13.2. The largest absolute Gasteiger partial charge is 0.457 e. The fourth-order valence-corrected chi connectivity index (χ4v) is 6.23. The molecule has 56 heavy (non-hydrogen) atoms. The second-order valence-electron chi connectivity index (χ2n) is 13.9.